The summed E-state index contributed by atoms with van der Waals surface area (Å²) in [6.07, 6.45) is -1.53. The van der Waals surface area contributed by atoms with Crippen LogP contribution in [0.2, 0.25) is 0 Å². The van der Waals surface area contributed by atoms with Gasteiger partial charge in [0.15, 0.2) is 11.5 Å². The molecule has 1 aliphatic heterocycles. The van der Waals surface area contributed by atoms with Crippen molar-refractivity contribution >= 4 is 23.9 Å². The Labute approximate surface area is 148 Å². The Morgan fingerprint density at radius 2 is 1.69 bits per heavy atom. The first-order valence-corrected chi connectivity index (χ1v) is 7.60. The number of hydrogen-bond donors (Lipinski definition) is 0. The molecular weight excluding hydrogens is 350 g/mol. The summed E-state index contributed by atoms with van der Waals surface area (Å²) in [5, 5.41) is 0.318. The highest BCUT2D eigenvalue weighted by Gasteiger charge is 2.34. The van der Waals surface area contributed by atoms with E-state index in [9.17, 15) is 19.2 Å². The van der Waals surface area contributed by atoms with Crippen LogP contribution in [0.25, 0.3) is 0 Å². The van der Waals surface area contributed by atoms with Gasteiger partial charge in [0.25, 0.3) is 11.8 Å². The molecule has 0 unspecified atom stereocenters. The topological polar surface area (TPSA) is 118 Å². The van der Waals surface area contributed by atoms with Crippen LogP contribution in [0.1, 0.15) is 30.1 Å². The molecule has 10 nitrogen and oxygen atoms in total. The zero-order valence-corrected chi connectivity index (χ0v) is 14.4. The number of carbonyl (C=O) groups excluding carboxylic acids is 4. The molecule has 1 aromatic rings. The Morgan fingerprint density at radius 1 is 1.04 bits per heavy atom. The first kappa shape index (κ1) is 19.0. The molecule has 1 aliphatic rings. The summed E-state index contributed by atoms with van der Waals surface area (Å²) in [6.45, 7) is 1.70. The van der Waals surface area contributed by atoms with Crippen LogP contribution in [0, 0.1) is 0 Å². The van der Waals surface area contributed by atoms with E-state index in [4.69, 9.17) is 18.9 Å². The normalized spacial score (nSPS) is 13.4. The number of benzene rings is 1. The van der Waals surface area contributed by atoms with Gasteiger partial charge in [-0.25, -0.2) is 9.59 Å². The van der Waals surface area contributed by atoms with Crippen LogP contribution in [-0.2, 0) is 19.2 Å². The Balaban J connectivity index is 2.32. The molecule has 1 fully saturated rings. The van der Waals surface area contributed by atoms with E-state index in [-0.39, 0.29) is 42.3 Å². The lowest BCUT2D eigenvalue weighted by molar-refractivity contribution is -0.174. The molecule has 0 N–H and O–H groups in total. The Hall–Kier alpha value is -3.30. The summed E-state index contributed by atoms with van der Waals surface area (Å²) >= 11 is 0. The van der Waals surface area contributed by atoms with Crippen molar-refractivity contribution in [1.29, 1.82) is 0 Å². The van der Waals surface area contributed by atoms with Gasteiger partial charge in [-0.3, -0.25) is 14.4 Å². The third kappa shape index (κ3) is 3.85. The summed E-state index contributed by atoms with van der Waals surface area (Å²) in [5.74, 6) is -2.32. The van der Waals surface area contributed by atoms with Gasteiger partial charge in [-0.15, -0.1) is 0 Å². The van der Waals surface area contributed by atoms with Crippen molar-refractivity contribution in [3.05, 3.63) is 17.7 Å². The fourth-order valence-electron chi connectivity index (χ4n) is 2.20. The molecule has 2 amide bonds. The van der Waals surface area contributed by atoms with Gasteiger partial charge in [0, 0.05) is 12.8 Å². The van der Waals surface area contributed by atoms with E-state index in [1.807, 2.05) is 0 Å². The molecule has 0 spiro atoms. The molecule has 2 rings (SSSR count). The lowest BCUT2D eigenvalue weighted by Gasteiger charge is -2.17. The highest BCUT2D eigenvalue weighted by Crippen LogP contribution is 2.40. The van der Waals surface area contributed by atoms with Gasteiger partial charge in [-0.1, -0.05) is 5.06 Å². The number of carbonyl (C=O) groups is 4. The van der Waals surface area contributed by atoms with Crippen molar-refractivity contribution in [2.45, 2.75) is 19.8 Å². The molecule has 140 valence electrons. The van der Waals surface area contributed by atoms with E-state index < -0.39 is 23.9 Å². The lowest BCUT2D eigenvalue weighted by Crippen LogP contribution is -2.33. The average molecular weight is 367 g/mol. The molecule has 0 atom stereocenters. The van der Waals surface area contributed by atoms with Crippen molar-refractivity contribution in [2.75, 3.05) is 20.8 Å². The predicted octanol–water partition coefficient (Wildman–Crippen LogP) is 1.46. The molecule has 1 heterocycles. The lowest BCUT2D eigenvalue weighted by atomic mass is 10.1. The van der Waals surface area contributed by atoms with Gasteiger partial charge in [-0.2, -0.15) is 0 Å². The van der Waals surface area contributed by atoms with E-state index in [1.165, 1.54) is 26.4 Å². The van der Waals surface area contributed by atoms with Gasteiger partial charge in [-0.05, 0) is 19.1 Å². The zero-order chi connectivity index (χ0) is 19.3. The van der Waals surface area contributed by atoms with E-state index in [0.29, 0.717) is 5.06 Å². The van der Waals surface area contributed by atoms with Gasteiger partial charge >= 0.3 is 12.1 Å². The average Bonchev–Trinajstić information content (AvgIpc) is 2.93. The highest BCUT2D eigenvalue weighted by atomic mass is 16.8. The number of methoxy groups -OCH3 is 2. The molecule has 0 bridgehead atoms. The number of imide groups is 1. The highest BCUT2D eigenvalue weighted by molar-refractivity contribution is 6.01. The minimum Gasteiger partial charge on any atom is -0.493 e. The summed E-state index contributed by atoms with van der Waals surface area (Å²) in [5.41, 5.74) is -0.125. The van der Waals surface area contributed by atoms with Crippen molar-refractivity contribution < 1.29 is 43.0 Å². The van der Waals surface area contributed by atoms with Gasteiger partial charge < -0.3 is 18.9 Å². The molecule has 0 radical (unpaired) electrons. The standard InChI is InChI=1S/C16H17NO9/c1-4-24-15(20)9-5-6-10(22-2)14(23-3)13(9)25-16(21)26-17-11(18)7-8-12(17)19/h5-6H,4,7-8H2,1-3H3. The minimum atomic E-state index is -1.40. The SMILES string of the molecule is CCOC(=O)c1ccc(OC)c(OC)c1OC(=O)ON1C(=O)CCC1=O. The fourth-order valence-corrected chi connectivity index (χ4v) is 2.20. The molecule has 10 heteroatoms. The number of hydrogen-bond acceptors (Lipinski definition) is 9. The first-order chi connectivity index (χ1) is 12.4. The van der Waals surface area contributed by atoms with Crippen LogP contribution in [0.3, 0.4) is 0 Å². The Bertz CT molecular complexity index is 727. The smallest absolute Gasteiger partial charge is 0.493 e. The Morgan fingerprint density at radius 3 is 2.23 bits per heavy atom. The Kier molecular flexibility index (Phi) is 5.99. The number of ether oxygens (including phenoxy) is 4. The molecule has 0 aliphatic carbocycles. The first-order valence-electron chi connectivity index (χ1n) is 7.60. The largest absolute Gasteiger partial charge is 0.539 e. The quantitative estimate of drug-likeness (QED) is 0.418. The predicted molar refractivity (Wildman–Crippen MR) is 83.7 cm³/mol. The summed E-state index contributed by atoms with van der Waals surface area (Å²) in [4.78, 5) is 51.8. The van der Waals surface area contributed by atoms with Crippen LogP contribution < -0.4 is 14.2 Å². The van der Waals surface area contributed by atoms with E-state index in [1.54, 1.807) is 6.92 Å². The van der Waals surface area contributed by atoms with Crippen molar-refractivity contribution in [1.82, 2.24) is 5.06 Å². The van der Waals surface area contributed by atoms with E-state index >= 15 is 0 Å². The van der Waals surface area contributed by atoms with Gasteiger partial charge in [0.1, 0.15) is 5.56 Å². The van der Waals surface area contributed by atoms with Crippen LogP contribution in [0.5, 0.6) is 17.2 Å². The summed E-state index contributed by atoms with van der Waals surface area (Å²) < 4.78 is 20.2. The number of esters is 1. The summed E-state index contributed by atoms with van der Waals surface area (Å²) in [7, 11) is 2.63. The van der Waals surface area contributed by atoms with Crippen molar-refractivity contribution in [3.63, 3.8) is 0 Å². The minimum absolute atomic E-state index is 0.0610. The zero-order valence-electron chi connectivity index (χ0n) is 14.4. The third-order valence-corrected chi connectivity index (χ3v) is 3.35. The third-order valence-electron chi connectivity index (χ3n) is 3.35. The molecule has 1 aromatic carbocycles. The molecular formula is C16H17NO9. The maximum Gasteiger partial charge on any atom is 0.539 e. The van der Waals surface area contributed by atoms with E-state index in [0.717, 1.165) is 0 Å². The fraction of sp³-hybridized carbons (Fsp3) is 0.375. The second-order valence-corrected chi connectivity index (χ2v) is 4.92. The number of rotatable bonds is 6. The molecule has 1 saturated heterocycles. The van der Waals surface area contributed by atoms with Crippen molar-refractivity contribution in [3.8, 4) is 17.2 Å². The van der Waals surface area contributed by atoms with Crippen LogP contribution in [-0.4, -0.2) is 49.8 Å². The second-order valence-electron chi connectivity index (χ2n) is 4.92. The number of amides is 2. The summed E-state index contributed by atoms with van der Waals surface area (Å²) in [6, 6.07) is 2.74. The second kappa shape index (κ2) is 8.19. The maximum atomic E-state index is 12.1. The van der Waals surface area contributed by atoms with Crippen LogP contribution in [0.15, 0.2) is 12.1 Å². The van der Waals surface area contributed by atoms with Gasteiger partial charge in [0.2, 0.25) is 5.75 Å². The molecule has 26 heavy (non-hydrogen) atoms. The van der Waals surface area contributed by atoms with Gasteiger partial charge in [0.05, 0.1) is 20.8 Å². The van der Waals surface area contributed by atoms with Crippen LogP contribution in [0.4, 0.5) is 4.79 Å². The monoisotopic (exact) mass is 367 g/mol. The van der Waals surface area contributed by atoms with Crippen LogP contribution >= 0.6 is 0 Å². The number of nitrogens with zero attached hydrogens (tertiary/aromatic N) is 1. The van der Waals surface area contributed by atoms with E-state index in [2.05, 4.69) is 4.84 Å². The molecule has 0 saturated carbocycles. The number of hydroxylamine groups is 2. The van der Waals surface area contributed by atoms with Crippen molar-refractivity contribution in [2.24, 2.45) is 0 Å². The maximum absolute atomic E-state index is 12.1. The molecule has 0 aromatic heterocycles.